The largest absolute Gasteiger partial charge is 0.392 e. The zero-order valence-corrected chi connectivity index (χ0v) is 11.9. The monoisotopic (exact) mass is 308 g/mol. The number of aliphatic hydroxyl groups excluding tert-OH is 1. The van der Waals surface area contributed by atoms with Crippen molar-refractivity contribution in [3.05, 3.63) is 58.1 Å². The summed E-state index contributed by atoms with van der Waals surface area (Å²) in [5.74, 6) is 0. The number of aryl methyl sites for hydroxylation is 1. The second-order valence-corrected chi connectivity index (χ2v) is 5.86. The molecular formula is C14H13BrOS. The molecule has 0 fully saturated rings. The first-order chi connectivity index (χ1) is 8.19. The highest BCUT2D eigenvalue weighted by Gasteiger charge is 2.04. The molecule has 0 radical (unpaired) electrons. The average molecular weight is 309 g/mol. The highest BCUT2D eigenvalue weighted by molar-refractivity contribution is 9.10. The maximum absolute atomic E-state index is 9.30. The van der Waals surface area contributed by atoms with Crippen molar-refractivity contribution in [1.82, 2.24) is 0 Å². The fourth-order valence-corrected chi connectivity index (χ4v) is 2.98. The van der Waals surface area contributed by atoms with Gasteiger partial charge in [-0.15, -0.1) is 0 Å². The zero-order chi connectivity index (χ0) is 12.3. The van der Waals surface area contributed by atoms with Crippen LogP contribution in [0.15, 0.2) is 56.7 Å². The van der Waals surface area contributed by atoms with E-state index in [1.54, 1.807) is 11.8 Å². The summed E-state index contributed by atoms with van der Waals surface area (Å²) >= 11 is 5.13. The minimum atomic E-state index is 0.0709. The van der Waals surface area contributed by atoms with Crippen LogP contribution in [0.2, 0.25) is 0 Å². The summed E-state index contributed by atoms with van der Waals surface area (Å²) < 4.78 is 1.03. The molecule has 1 N–H and O–H groups in total. The Morgan fingerprint density at radius 3 is 2.47 bits per heavy atom. The molecule has 17 heavy (non-hydrogen) atoms. The number of hydrogen-bond acceptors (Lipinski definition) is 2. The van der Waals surface area contributed by atoms with Crippen molar-refractivity contribution in [3.8, 4) is 0 Å². The molecule has 2 aromatic carbocycles. The minimum absolute atomic E-state index is 0.0709. The molecule has 0 amide bonds. The van der Waals surface area contributed by atoms with Crippen molar-refractivity contribution in [1.29, 1.82) is 0 Å². The average Bonchev–Trinajstić information content (AvgIpc) is 2.32. The Morgan fingerprint density at radius 2 is 1.82 bits per heavy atom. The van der Waals surface area contributed by atoms with Crippen LogP contribution in [0, 0.1) is 6.92 Å². The third-order valence-electron chi connectivity index (χ3n) is 2.45. The van der Waals surface area contributed by atoms with E-state index in [0.29, 0.717) is 0 Å². The quantitative estimate of drug-likeness (QED) is 0.907. The van der Waals surface area contributed by atoms with E-state index >= 15 is 0 Å². The van der Waals surface area contributed by atoms with Crippen LogP contribution in [0.1, 0.15) is 11.1 Å². The maximum Gasteiger partial charge on any atom is 0.0692 e. The third-order valence-corrected chi connectivity index (χ3v) is 4.05. The molecular weight excluding hydrogens is 296 g/mol. The molecule has 0 unspecified atom stereocenters. The van der Waals surface area contributed by atoms with E-state index in [2.05, 4.69) is 47.1 Å². The van der Waals surface area contributed by atoms with E-state index < -0.39 is 0 Å². The van der Waals surface area contributed by atoms with Gasteiger partial charge < -0.3 is 5.11 Å². The Hall–Kier alpha value is -0.770. The summed E-state index contributed by atoms with van der Waals surface area (Å²) in [6.07, 6.45) is 0. The number of halogens is 1. The van der Waals surface area contributed by atoms with Crippen LogP contribution in [0.25, 0.3) is 0 Å². The van der Waals surface area contributed by atoms with Crippen molar-refractivity contribution in [2.45, 2.75) is 23.3 Å². The fraction of sp³-hybridized carbons (Fsp3) is 0.143. The molecule has 0 spiro atoms. The number of rotatable bonds is 3. The topological polar surface area (TPSA) is 20.2 Å². The van der Waals surface area contributed by atoms with E-state index in [9.17, 15) is 5.11 Å². The molecule has 0 aliphatic carbocycles. The van der Waals surface area contributed by atoms with Crippen molar-refractivity contribution >= 4 is 27.7 Å². The normalized spacial score (nSPS) is 10.5. The molecule has 88 valence electrons. The van der Waals surface area contributed by atoms with E-state index in [0.717, 1.165) is 14.9 Å². The summed E-state index contributed by atoms with van der Waals surface area (Å²) in [6, 6.07) is 14.3. The fourth-order valence-electron chi connectivity index (χ4n) is 1.49. The van der Waals surface area contributed by atoms with Crippen molar-refractivity contribution in [2.24, 2.45) is 0 Å². The molecule has 0 atom stereocenters. The predicted molar refractivity (Wildman–Crippen MR) is 75.4 cm³/mol. The van der Waals surface area contributed by atoms with E-state index in [-0.39, 0.29) is 6.61 Å². The van der Waals surface area contributed by atoms with Gasteiger partial charge in [-0.1, -0.05) is 51.5 Å². The lowest BCUT2D eigenvalue weighted by atomic mass is 10.2. The third kappa shape index (κ3) is 3.35. The first-order valence-electron chi connectivity index (χ1n) is 5.33. The van der Waals surface area contributed by atoms with Crippen LogP contribution in [0.3, 0.4) is 0 Å². The predicted octanol–water partition coefficient (Wildman–Crippen LogP) is 4.40. The van der Waals surface area contributed by atoms with Crippen LogP contribution >= 0.6 is 27.7 Å². The summed E-state index contributed by atoms with van der Waals surface area (Å²) in [4.78, 5) is 2.27. The molecule has 0 saturated carbocycles. The van der Waals surface area contributed by atoms with Gasteiger partial charge in [-0.25, -0.2) is 0 Å². The van der Waals surface area contributed by atoms with Crippen molar-refractivity contribution < 1.29 is 5.11 Å². The summed E-state index contributed by atoms with van der Waals surface area (Å²) in [5, 5.41) is 9.30. The highest BCUT2D eigenvalue weighted by Crippen LogP contribution is 2.32. The number of aliphatic hydroxyl groups is 1. The Bertz CT molecular complexity index is 508. The Morgan fingerprint density at radius 1 is 1.12 bits per heavy atom. The minimum Gasteiger partial charge on any atom is -0.392 e. The van der Waals surface area contributed by atoms with Crippen LogP contribution in [0.4, 0.5) is 0 Å². The van der Waals surface area contributed by atoms with Crippen LogP contribution < -0.4 is 0 Å². The molecule has 0 bridgehead atoms. The second kappa shape index (κ2) is 5.71. The van der Waals surface area contributed by atoms with Crippen LogP contribution in [0.5, 0.6) is 0 Å². The molecule has 0 heterocycles. The number of hydrogen-bond donors (Lipinski definition) is 1. The molecule has 0 aliphatic rings. The Labute approximate surface area is 114 Å². The summed E-state index contributed by atoms with van der Waals surface area (Å²) in [7, 11) is 0. The summed E-state index contributed by atoms with van der Waals surface area (Å²) in [6.45, 7) is 2.15. The van der Waals surface area contributed by atoms with Gasteiger partial charge in [-0.05, 0) is 36.8 Å². The van der Waals surface area contributed by atoms with Crippen LogP contribution in [-0.4, -0.2) is 5.11 Å². The second-order valence-electron chi connectivity index (χ2n) is 3.83. The zero-order valence-electron chi connectivity index (χ0n) is 9.48. The van der Waals surface area contributed by atoms with E-state index in [1.807, 2.05) is 18.2 Å². The van der Waals surface area contributed by atoms with Gasteiger partial charge in [0, 0.05) is 14.3 Å². The summed E-state index contributed by atoms with van der Waals surface area (Å²) in [5.41, 5.74) is 2.21. The van der Waals surface area contributed by atoms with E-state index in [1.165, 1.54) is 10.5 Å². The van der Waals surface area contributed by atoms with Gasteiger partial charge in [-0.2, -0.15) is 0 Å². The van der Waals surface area contributed by atoms with E-state index in [4.69, 9.17) is 0 Å². The molecule has 0 saturated heterocycles. The molecule has 3 heteroatoms. The molecule has 0 aromatic heterocycles. The maximum atomic E-state index is 9.30. The smallest absolute Gasteiger partial charge is 0.0692 e. The lowest BCUT2D eigenvalue weighted by Gasteiger charge is -2.08. The first-order valence-corrected chi connectivity index (χ1v) is 6.94. The van der Waals surface area contributed by atoms with Gasteiger partial charge in [0.1, 0.15) is 0 Å². The van der Waals surface area contributed by atoms with Crippen molar-refractivity contribution in [3.63, 3.8) is 0 Å². The van der Waals surface area contributed by atoms with Gasteiger partial charge in [0.05, 0.1) is 6.61 Å². The van der Waals surface area contributed by atoms with Gasteiger partial charge >= 0.3 is 0 Å². The Balaban J connectivity index is 2.28. The molecule has 0 aliphatic heterocycles. The molecule has 2 aromatic rings. The van der Waals surface area contributed by atoms with Gasteiger partial charge in [0.2, 0.25) is 0 Å². The molecule has 2 rings (SSSR count). The van der Waals surface area contributed by atoms with Gasteiger partial charge in [0.15, 0.2) is 0 Å². The van der Waals surface area contributed by atoms with Gasteiger partial charge in [-0.3, -0.25) is 0 Å². The first kappa shape index (κ1) is 12.7. The number of benzene rings is 2. The van der Waals surface area contributed by atoms with Gasteiger partial charge in [0.25, 0.3) is 0 Å². The standard InChI is InChI=1S/C14H13BrOS/c1-10-2-6-13(7-3-10)17-14-8-12(15)5-4-11(14)9-16/h2-8,16H,9H2,1H3. The molecule has 1 nitrogen and oxygen atoms in total. The Kier molecular flexibility index (Phi) is 4.26. The van der Waals surface area contributed by atoms with Crippen molar-refractivity contribution in [2.75, 3.05) is 0 Å². The highest BCUT2D eigenvalue weighted by atomic mass is 79.9. The SMILES string of the molecule is Cc1ccc(Sc2cc(Br)ccc2CO)cc1. The van der Waals surface area contributed by atoms with Crippen LogP contribution in [-0.2, 0) is 6.61 Å². The lowest BCUT2D eigenvalue weighted by Crippen LogP contribution is -1.87. The lowest BCUT2D eigenvalue weighted by molar-refractivity contribution is 0.279.